The van der Waals surface area contributed by atoms with Gasteiger partial charge in [0.15, 0.2) is 0 Å². The second-order valence-electron chi connectivity index (χ2n) is 6.93. The van der Waals surface area contributed by atoms with E-state index in [1.165, 1.54) is 56.1 Å². The first kappa shape index (κ1) is 14.1. The summed E-state index contributed by atoms with van der Waals surface area (Å²) in [4.78, 5) is 0. The van der Waals surface area contributed by atoms with E-state index in [4.69, 9.17) is 0 Å². The van der Waals surface area contributed by atoms with E-state index in [-0.39, 0.29) is 0 Å². The molecule has 1 N–H and O–H groups in total. The Morgan fingerprint density at radius 3 is 2.85 bits per heavy atom. The van der Waals surface area contributed by atoms with Crippen molar-refractivity contribution in [2.75, 3.05) is 0 Å². The zero-order valence-corrected chi connectivity index (χ0v) is 12.8. The average molecular weight is 272 g/mol. The first-order valence-electron chi connectivity index (χ1n) is 8.55. The second-order valence-corrected chi connectivity index (χ2v) is 6.93. The van der Waals surface area contributed by atoms with Gasteiger partial charge in [0.1, 0.15) is 0 Å². The third kappa shape index (κ3) is 2.53. The Balaban J connectivity index is 1.93. The van der Waals surface area contributed by atoms with E-state index in [0.717, 1.165) is 18.8 Å². The van der Waals surface area contributed by atoms with Crippen LogP contribution in [0.5, 0.6) is 0 Å². The van der Waals surface area contributed by atoms with Crippen molar-refractivity contribution in [2.24, 2.45) is 11.8 Å². The van der Waals surface area contributed by atoms with Crippen molar-refractivity contribution >= 4 is 0 Å². The van der Waals surface area contributed by atoms with Crippen molar-refractivity contribution in [1.29, 1.82) is 0 Å². The molecule has 2 aliphatic carbocycles. The Labute approximate surface area is 123 Å². The minimum Gasteiger partial charge on any atom is -0.385 e. The minimum absolute atomic E-state index is 0.473. The molecule has 0 radical (unpaired) electrons. The molecule has 1 nitrogen and oxygen atoms in total. The van der Waals surface area contributed by atoms with Gasteiger partial charge in [-0.2, -0.15) is 0 Å². The Morgan fingerprint density at radius 1 is 1.15 bits per heavy atom. The molecule has 0 aromatic heterocycles. The molecule has 1 aromatic carbocycles. The fraction of sp³-hybridized carbons (Fsp3) is 0.684. The lowest BCUT2D eigenvalue weighted by atomic mass is 9.68. The summed E-state index contributed by atoms with van der Waals surface area (Å²) in [6.45, 7) is 2.30. The number of hydrogen-bond acceptors (Lipinski definition) is 1. The number of benzene rings is 1. The van der Waals surface area contributed by atoms with Crippen LogP contribution in [0.4, 0.5) is 0 Å². The molecule has 0 heterocycles. The molecule has 3 atom stereocenters. The number of hydrogen-bond donors (Lipinski definition) is 1. The SMILES string of the molecule is CCC1CCCC(C2(O)CCCCc3ccccc32)C1. The van der Waals surface area contributed by atoms with Gasteiger partial charge in [-0.1, -0.05) is 50.5 Å². The van der Waals surface area contributed by atoms with E-state index < -0.39 is 5.60 Å². The summed E-state index contributed by atoms with van der Waals surface area (Å²) in [5.41, 5.74) is 2.09. The molecule has 1 heteroatoms. The highest BCUT2D eigenvalue weighted by Gasteiger charge is 2.42. The molecule has 0 saturated heterocycles. The molecular weight excluding hydrogens is 244 g/mol. The zero-order valence-electron chi connectivity index (χ0n) is 12.8. The van der Waals surface area contributed by atoms with Gasteiger partial charge in [-0.05, 0) is 61.5 Å². The quantitative estimate of drug-likeness (QED) is 0.765. The summed E-state index contributed by atoms with van der Waals surface area (Å²) in [5, 5.41) is 11.5. The molecule has 3 unspecified atom stereocenters. The zero-order chi connectivity index (χ0) is 14.0. The summed E-state index contributed by atoms with van der Waals surface area (Å²) in [6.07, 6.45) is 10.9. The van der Waals surface area contributed by atoms with Crippen LogP contribution in [-0.2, 0) is 12.0 Å². The van der Waals surface area contributed by atoms with Gasteiger partial charge < -0.3 is 5.11 Å². The van der Waals surface area contributed by atoms with Crippen molar-refractivity contribution in [3.63, 3.8) is 0 Å². The molecular formula is C19H28O. The molecule has 1 saturated carbocycles. The third-order valence-electron chi connectivity index (χ3n) is 5.77. The van der Waals surface area contributed by atoms with Crippen molar-refractivity contribution in [2.45, 2.75) is 70.3 Å². The molecule has 2 aliphatic rings. The van der Waals surface area contributed by atoms with Crippen LogP contribution in [0.25, 0.3) is 0 Å². The maximum absolute atomic E-state index is 11.5. The molecule has 1 aromatic rings. The van der Waals surface area contributed by atoms with Gasteiger partial charge in [-0.3, -0.25) is 0 Å². The summed E-state index contributed by atoms with van der Waals surface area (Å²) >= 11 is 0. The van der Waals surface area contributed by atoms with Crippen molar-refractivity contribution in [3.8, 4) is 0 Å². The smallest absolute Gasteiger partial charge is 0.0927 e. The Bertz CT molecular complexity index is 453. The van der Waals surface area contributed by atoms with Crippen molar-refractivity contribution < 1.29 is 5.11 Å². The monoisotopic (exact) mass is 272 g/mol. The van der Waals surface area contributed by atoms with Gasteiger partial charge in [-0.15, -0.1) is 0 Å². The first-order chi connectivity index (χ1) is 9.74. The van der Waals surface area contributed by atoms with E-state index in [9.17, 15) is 5.11 Å². The molecule has 110 valence electrons. The number of aryl methyl sites for hydroxylation is 1. The molecule has 0 bridgehead atoms. The number of fused-ring (bicyclic) bond motifs is 1. The van der Waals surface area contributed by atoms with E-state index in [2.05, 4.69) is 31.2 Å². The van der Waals surface area contributed by atoms with Gasteiger partial charge >= 0.3 is 0 Å². The average Bonchev–Trinajstić information content (AvgIpc) is 2.68. The summed E-state index contributed by atoms with van der Waals surface area (Å²) in [5.74, 6) is 1.30. The first-order valence-corrected chi connectivity index (χ1v) is 8.55. The van der Waals surface area contributed by atoms with Gasteiger partial charge in [-0.25, -0.2) is 0 Å². The molecule has 0 amide bonds. The third-order valence-corrected chi connectivity index (χ3v) is 5.77. The highest BCUT2D eigenvalue weighted by molar-refractivity contribution is 5.34. The van der Waals surface area contributed by atoms with Gasteiger partial charge in [0, 0.05) is 0 Å². The molecule has 0 spiro atoms. The van der Waals surface area contributed by atoms with Crippen LogP contribution in [0.3, 0.4) is 0 Å². The maximum atomic E-state index is 11.5. The van der Waals surface area contributed by atoms with E-state index in [1.807, 2.05) is 0 Å². The second kappa shape index (κ2) is 5.89. The van der Waals surface area contributed by atoms with Gasteiger partial charge in [0.05, 0.1) is 5.60 Å². The summed E-state index contributed by atoms with van der Waals surface area (Å²) < 4.78 is 0. The minimum atomic E-state index is -0.555. The molecule has 1 fully saturated rings. The van der Waals surface area contributed by atoms with Crippen molar-refractivity contribution in [3.05, 3.63) is 35.4 Å². The lowest BCUT2D eigenvalue weighted by molar-refractivity contribution is -0.0547. The van der Waals surface area contributed by atoms with Crippen LogP contribution in [0.15, 0.2) is 24.3 Å². The lowest BCUT2D eigenvalue weighted by Crippen LogP contribution is -2.38. The van der Waals surface area contributed by atoms with Crippen molar-refractivity contribution in [1.82, 2.24) is 0 Å². The highest BCUT2D eigenvalue weighted by Crippen LogP contribution is 2.47. The standard InChI is InChI=1S/C19H28O/c1-2-15-8-7-11-17(14-15)19(20)13-6-5-10-16-9-3-4-12-18(16)19/h3-4,9,12,15,17,20H,2,5-8,10-11,13-14H2,1H3. The highest BCUT2D eigenvalue weighted by atomic mass is 16.3. The topological polar surface area (TPSA) is 20.2 Å². The molecule has 20 heavy (non-hydrogen) atoms. The summed E-state index contributed by atoms with van der Waals surface area (Å²) in [6, 6.07) is 8.65. The van der Waals surface area contributed by atoms with Gasteiger partial charge in [0.25, 0.3) is 0 Å². The molecule has 3 rings (SSSR count). The van der Waals surface area contributed by atoms with Crippen LogP contribution in [0.2, 0.25) is 0 Å². The Kier molecular flexibility index (Phi) is 4.16. The lowest BCUT2D eigenvalue weighted by Gasteiger charge is -2.41. The van der Waals surface area contributed by atoms with E-state index in [0.29, 0.717) is 5.92 Å². The van der Waals surface area contributed by atoms with Crippen LogP contribution in [0.1, 0.15) is 69.4 Å². The fourth-order valence-electron chi connectivity index (χ4n) is 4.52. The number of aliphatic hydroxyl groups is 1. The molecule has 0 aliphatic heterocycles. The Hall–Kier alpha value is -0.820. The fourth-order valence-corrected chi connectivity index (χ4v) is 4.52. The maximum Gasteiger partial charge on any atom is 0.0927 e. The van der Waals surface area contributed by atoms with Crippen LogP contribution in [0, 0.1) is 11.8 Å². The van der Waals surface area contributed by atoms with Crippen LogP contribution >= 0.6 is 0 Å². The van der Waals surface area contributed by atoms with Crippen LogP contribution < -0.4 is 0 Å². The number of rotatable bonds is 2. The van der Waals surface area contributed by atoms with E-state index >= 15 is 0 Å². The van der Waals surface area contributed by atoms with Gasteiger partial charge in [0.2, 0.25) is 0 Å². The van der Waals surface area contributed by atoms with Crippen LogP contribution in [-0.4, -0.2) is 5.11 Å². The normalized spacial score (nSPS) is 34.3. The largest absolute Gasteiger partial charge is 0.385 e. The van der Waals surface area contributed by atoms with E-state index in [1.54, 1.807) is 0 Å². The summed E-state index contributed by atoms with van der Waals surface area (Å²) in [7, 11) is 0. The predicted molar refractivity (Wildman–Crippen MR) is 83.6 cm³/mol. The predicted octanol–water partition coefficient (Wildman–Crippen LogP) is 4.82. The Morgan fingerprint density at radius 2 is 2.00 bits per heavy atom.